The molecule has 0 aliphatic carbocycles. The minimum absolute atomic E-state index is 0.403. The molecule has 0 aliphatic rings. The average molecular weight is 287 g/mol. The molecule has 0 aliphatic heterocycles. The summed E-state index contributed by atoms with van der Waals surface area (Å²) in [5, 5.41) is 7.93. The molecule has 0 saturated heterocycles. The first-order valence-corrected chi connectivity index (χ1v) is 7.49. The van der Waals surface area contributed by atoms with Crippen LogP contribution in [0, 0.1) is 6.92 Å². The summed E-state index contributed by atoms with van der Waals surface area (Å²) in [5.41, 5.74) is 3.70. The molecule has 0 amide bonds. The molecule has 1 unspecified atom stereocenters. The zero-order chi connectivity index (χ0) is 15.2. The largest absolute Gasteiger partial charge is 0.497 e. The van der Waals surface area contributed by atoms with Crippen LogP contribution in [0.15, 0.2) is 30.3 Å². The van der Waals surface area contributed by atoms with Gasteiger partial charge in [0.1, 0.15) is 5.75 Å². The lowest BCUT2D eigenvalue weighted by Crippen LogP contribution is -2.30. The zero-order valence-electron chi connectivity index (χ0n) is 13.4. The first kappa shape index (κ1) is 15.6. The third-order valence-electron chi connectivity index (χ3n) is 3.79. The van der Waals surface area contributed by atoms with Gasteiger partial charge in [0.05, 0.1) is 12.8 Å². The fraction of sp³-hybridized carbons (Fsp3) is 0.471. The van der Waals surface area contributed by atoms with Crippen LogP contribution < -0.4 is 10.1 Å². The second-order valence-electron chi connectivity index (χ2n) is 5.33. The van der Waals surface area contributed by atoms with E-state index in [2.05, 4.69) is 40.2 Å². The molecule has 114 valence electrons. The molecule has 4 heteroatoms. The number of rotatable bonds is 7. The summed E-state index contributed by atoms with van der Waals surface area (Å²) in [7, 11) is 3.72. The van der Waals surface area contributed by atoms with Gasteiger partial charge in [-0.2, -0.15) is 5.10 Å². The minimum Gasteiger partial charge on any atom is -0.497 e. The number of hydrogen-bond donors (Lipinski definition) is 1. The van der Waals surface area contributed by atoms with Gasteiger partial charge in [-0.05, 0) is 51.1 Å². The van der Waals surface area contributed by atoms with Gasteiger partial charge in [0.15, 0.2) is 0 Å². The van der Waals surface area contributed by atoms with Crippen LogP contribution in [0.25, 0.3) is 0 Å². The maximum absolute atomic E-state index is 5.20. The molecule has 0 radical (unpaired) electrons. The Hall–Kier alpha value is -1.81. The lowest BCUT2D eigenvalue weighted by atomic mass is 10.0. The molecular weight excluding hydrogens is 262 g/mol. The average Bonchev–Trinajstić information content (AvgIpc) is 2.87. The summed E-state index contributed by atoms with van der Waals surface area (Å²) in [4.78, 5) is 0. The SMILES string of the molecule is CCn1nc(C)cc1CC(Cc1ccc(OC)cc1)NC. The molecule has 1 aromatic heterocycles. The van der Waals surface area contributed by atoms with Crippen molar-refractivity contribution in [2.75, 3.05) is 14.2 Å². The van der Waals surface area contributed by atoms with E-state index in [4.69, 9.17) is 4.74 Å². The van der Waals surface area contributed by atoms with Crippen molar-refractivity contribution >= 4 is 0 Å². The molecule has 0 bridgehead atoms. The topological polar surface area (TPSA) is 39.1 Å². The maximum atomic E-state index is 5.20. The van der Waals surface area contributed by atoms with E-state index >= 15 is 0 Å². The molecule has 2 aromatic rings. The third-order valence-corrected chi connectivity index (χ3v) is 3.79. The number of hydrogen-bond acceptors (Lipinski definition) is 3. The first-order chi connectivity index (χ1) is 10.2. The number of ether oxygens (including phenoxy) is 1. The Balaban J connectivity index is 2.05. The molecule has 0 fully saturated rings. The van der Waals surface area contributed by atoms with E-state index in [0.29, 0.717) is 6.04 Å². The van der Waals surface area contributed by atoms with Crippen LogP contribution in [-0.4, -0.2) is 30.0 Å². The predicted molar refractivity (Wildman–Crippen MR) is 85.9 cm³/mol. The van der Waals surface area contributed by atoms with Gasteiger partial charge < -0.3 is 10.1 Å². The highest BCUT2D eigenvalue weighted by Gasteiger charge is 2.12. The van der Waals surface area contributed by atoms with E-state index in [-0.39, 0.29) is 0 Å². The van der Waals surface area contributed by atoms with Crippen molar-refractivity contribution in [1.82, 2.24) is 15.1 Å². The predicted octanol–water partition coefficient (Wildman–Crippen LogP) is 2.59. The van der Waals surface area contributed by atoms with Crippen molar-refractivity contribution in [3.05, 3.63) is 47.3 Å². The van der Waals surface area contributed by atoms with Crippen molar-refractivity contribution in [2.24, 2.45) is 0 Å². The van der Waals surface area contributed by atoms with Gasteiger partial charge in [0.25, 0.3) is 0 Å². The zero-order valence-corrected chi connectivity index (χ0v) is 13.4. The summed E-state index contributed by atoms with van der Waals surface area (Å²) in [6.07, 6.45) is 1.98. The van der Waals surface area contributed by atoms with Crippen LogP contribution in [0.4, 0.5) is 0 Å². The Morgan fingerprint density at radius 2 is 1.95 bits per heavy atom. The fourth-order valence-electron chi connectivity index (χ4n) is 2.61. The number of nitrogens with zero attached hydrogens (tertiary/aromatic N) is 2. The summed E-state index contributed by atoms with van der Waals surface area (Å²) >= 11 is 0. The van der Waals surface area contributed by atoms with Gasteiger partial charge in [-0.3, -0.25) is 4.68 Å². The Morgan fingerprint density at radius 1 is 1.24 bits per heavy atom. The highest BCUT2D eigenvalue weighted by Crippen LogP contribution is 2.15. The molecular formula is C17H25N3O. The van der Waals surface area contributed by atoms with E-state index < -0.39 is 0 Å². The first-order valence-electron chi connectivity index (χ1n) is 7.49. The number of nitrogens with one attached hydrogen (secondary N) is 1. The second-order valence-corrected chi connectivity index (χ2v) is 5.33. The Labute approximate surface area is 127 Å². The Morgan fingerprint density at radius 3 is 2.52 bits per heavy atom. The minimum atomic E-state index is 0.403. The molecule has 1 aromatic carbocycles. The van der Waals surface area contributed by atoms with Gasteiger partial charge in [-0.25, -0.2) is 0 Å². The van der Waals surface area contributed by atoms with Crippen LogP contribution >= 0.6 is 0 Å². The molecule has 1 heterocycles. The summed E-state index contributed by atoms with van der Waals surface area (Å²) in [5.74, 6) is 0.902. The smallest absolute Gasteiger partial charge is 0.118 e. The van der Waals surface area contributed by atoms with Gasteiger partial charge in [-0.15, -0.1) is 0 Å². The Bertz CT molecular complexity index is 560. The van der Waals surface area contributed by atoms with Crippen LogP contribution in [0.2, 0.25) is 0 Å². The number of methoxy groups -OCH3 is 1. The van der Waals surface area contributed by atoms with Gasteiger partial charge in [0, 0.05) is 24.7 Å². The fourth-order valence-corrected chi connectivity index (χ4v) is 2.61. The van der Waals surface area contributed by atoms with E-state index in [9.17, 15) is 0 Å². The van der Waals surface area contributed by atoms with Crippen molar-refractivity contribution in [3.8, 4) is 5.75 Å². The van der Waals surface area contributed by atoms with E-state index in [1.165, 1.54) is 11.3 Å². The molecule has 21 heavy (non-hydrogen) atoms. The van der Waals surface area contributed by atoms with Gasteiger partial charge >= 0.3 is 0 Å². The van der Waals surface area contributed by atoms with E-state index in [0.717, 1.165) is 30.8 Å². The number of aromatic nitrogens is 2. The summed E-state index contributed by atoms with van der Waals surface area (Å²) < 4.78 is 7.29. The van der Waals surface area contributed by atoms with Crippen LogP contribution in [0.5, 0.6) is 5.75 Å². The second kappa shape index (κ2) is 7.27. The highest BCUT2D eigenvalue weighted by molar-refractivity contribution is 5.28. The summed E-state index contributed by atoms with van der Waals surface area (Å²) in [6.45, 7) is 5.10. The van der Waals surface area contributed by atoms with Crippen LogP contribution in [-0.2, 0) is 19.4 Å². The maximum Gasteiger partial charge on any atom is 0.118 e. The molecule has 0 spiro atoms. The molecule has 2 rings (SSSR count). The third kappa shape index (κ3) is 4.08. The van der Waals surface area contributed by atoms with Crippen LogP contribution in [0.3, 0.4) is 0 Å². The lowest BCUT2D eigenvalue weighted by molar-refractivity contribution is 0.414. The number of likely N-dealkylation sites (N-methyl/N-ethyl adjacent to an activating group) is 1. The van der Waals surface area contributed by atoms with Crippen molar-refractivity contribution in [2.45, 2.75) is 39.3 Å². The van der Waals surface area contributed by atoms with E-state index in [1.807, 2.05) is 26.1 Å². The van der Waals surface area contributed by atoms with Crippen molar-refractivity contribution < 1.29 is 4.74 Å². The van der Waals surface area contributed by atoms with Crippen molar-refractivity contribution in [1.29, 1.82) is 0 Å². The quantitative estimate of drug-likeness (QED) is 0.851. The molecule has 4 nitrogen and oxygen atoms in total. The standard InChI is InChI=1S/C17H25N3O/c1-5-20-16(10-13(2)19-20)12-15(18-3)11-14-6-8-17(21-4)9-7-14/h6-10,15,18H,5,11-12H2,1-4H3. The lowest BCUT2D eigenvalue weighted by Gasteiger charge is -2.17. The van der Waals surface area contributed by atoms with Gasteiger partial charge in [0.2, 0.25) is 0 Å². The normalized spacial score (nSPS) is 12.4. The summed E-state index contributed by atoms with van der Waals surface area (Å²) in [6, 6.07) is 10.9. The molecule has 1 atom stereocenters. The monoisotopic (exact) mass is 287 g/mol. The highest BCUT2D eigenvalue weighted by atomic mass is 16.5. The van der Waals surface area contributed by atoms with Gasteiger partial charge in [-0.1, -0.05) is 12.1 Å². The van der Waals surface area contributed by atoms with Crippen LogP contribution in [0.1, 0.15) is 23.9 Å². The van der Waals surface area contributed by atoms with Crippen molar-refractivity contribution in [3.63, 3.8) is 0 Å². The number of benzene rings is 1. The molecule has 1 N–H and O–H groups in total. The van der Waals surface area contributed by atoms with E-state index in [1.54, 1.807) is 7.11 Å². The Kier molecular flexibility index (Phi) is 5.39. The number of aryl methyl sites for hydroxylation is 2. The molecule has 0 saturated carbocycles.